The number of hydrogen-bond donors (Lipinski definition) is 1. The van der Waals surface area contributed by atoms with Crippen LogP contribution >= 0.6 is 0 Å². The van der Waals surface area contributed by atoms with Gasteiger partial charge in [-0.1, -0.05) is 6.92 Å². The summed E-state index contributed by atoms with van der Waals surface area (Å²) in [5.74, 6) is -0.0268. The van der Waals surface area contributed by atoms with Gasteiger partial charge in [-0.2, -0.15) is 0 Å². The van der Waals surface area contributed by atoms with Gasteiger partial charge in [-0.05, 0) is 32.4 Å². The van der Waals surface area contributed by atoms with E-state index in [0.717, 1.165) is 38.9 Å². The molecule has 0 saturated carbocycles. The van der Waals surface area contributed by atoms with Gasteiger partial charge in [0.1, 0.15) is 0 Å². The van der Waals surface area contributed by atoms with E-state index in [9.17, 15) is 4.79 Å². The standard InChI is InChI=1S/C9H18N2O/c1-2-5-11-6-3-4-8(7-11)9(10)12/h8H,2-7H2,1H3,(H2,10,12)/t8-/m1/s1. The molecule has 0 unspecified atom stereocenters. The summed E-state index contributed by atoms with van der Waals surface area (Å²) < 4.78 is 0. The van der Waals surface area contributed by atoms with E-state index in [4.69, 9.17) is 5.73 Å². The third-order valence-electron chi connectivity index (χ3n) is 2.45. The molecule has 0 radical (unpaired) electrons. The van der Waals surface area contributed by atoms with Crippen molar-refractivity contribution in [2.45, 2.75) is 26.2 Å². The van der Waals surface area contributed by atoms with Crippen LogP contribution in [-0.2, 0) is 4.79 Å². The highest BCUT2D eigenvalue weighted by Gasteiger charge is 2.22. The van der Waals surface area contributed by atoms with Crippen molar-refractivity contribution in [3.8, 4) is 0 Å². The van der Waals surface area contributed by atoms with Crippen LogP contribution < -0.4 is 5.73 Å². The fourth-order valence-corrected chi connectivity index (χ4v) is 1.81. The van der Waals surface area contributed by atoms with E-state index in [1.54, 1.807) is 0 Å². The zero-order valence-corrected chi connectivity index (χ0v) is 7.75. The Morgan fingerprint density at radius 3 is 3.00 bits per heavy atom. The Hall–Kier alpha value is -0.570. The van der Waals surface area contributed by atoms with Crippen LogP contribution in [0.5, 0.6) is 0 Å². The number of amides is 1. The molecule has 70 valence electrons. The van der Waals surface area contributed by atoms with Crippen molar-refractivity contribution in [3.63, 3.8) is 0 Å². The number of likely N-dealkylation sites (tertiary alicyclic amines) is 1. The van der Waals surface area contributed by atoms with Crippen LogP contribution in [0.25, 0.3) is 0 Å². The summed E-state index contributed by atoms with van der Waals surface area (Å²) in [5, 5.41) is 0. The lowest BCUT2D eigenvalue weighted by atomic mass is 9.97. The van der Waals surface area contributed by atoms with Crippen LogP contribution in [0.4, 0.5) is 0 Å². The molecular weight excluding hydrogens is 152 g/mol. The minimum absolute atomic E-state index is 0.102. The van der Waals surface area contributed by atoms with Gasteiger partial charge in [0.2, 0.25) is 5.91 Å². The summed E-state index contributed by atoms with van der Waals surface area (Å²) in [6.45, 7) is 5.28. The Labute approximate surface area is 73.9 Å². The molecule has 1 saturated heterocycles. The number of carbonyl (C=O) groups excluding carboxylic acids is 1. The largest absolute Gasteiger partial charge is 0.369 e. The van der Waals surface area contributed by atoms with Crippen LogP contribution in [0.15, 0.2) is 0 Å². The Bertz CT molecular complexity index is 157. The van der Waals surface area contributed by atoms with Gasteiger partial charge in [-0.15, -0.1) is 0 Å². The number of carbonyl (C=O) groups is 1. The summed E-state index contributed by atoms with van der Waals surface area (Å²) >= 11 is 0. The van der Waals surface area contributed by atoms with Gasteiger partial charge in [-0.25, -0.2) is 0 Å². The van der Waals surface area contributed by atoms with Gasteiger partial charge in [0.25, 0.3) is 0 Å². The molecule has 0 aromatic carbocycles. The monoisotopic (exact) mass is 170 g/mol. The first-order chi connectivity index (χ1) is 5.74. The van der Waals surface area contributed by atoms with E-state index in [0.29, 0.717) is 0 Å². The molecule has 1 heterocycles. The van der Waals surface area contributed by atoms with Crippen molar-refractivity contribution in [2.75, 3.05) is 19.6 Å². The topological polar surface area (TPSA) is 46.3 Å². The molecule has 0 aromatic heterocycles. The molecule has 0 aromatic rings. The van der Waals surface area contributed by atoms with Crippen LogP contribution in [0.3, 0.4) is 0 Å². The maximum atomic E-state index is 10.9. The Morgan fingerprint density at radius 2 is 2.42 bits per heavy atom. The van der Waals surface area contributed by atoms with Gasteiger partial charge in [-0.3, -0.25) is 4.79 Å². The highest BCUT2D eigenvalue weighted by atomic mass is 16.1. The van der Waals surface area contributed by atoms with E-state index in [-0.39, 0.29) is 11.8 Å². The van der Waals surface area contributed by atoms with Crippen molar-refractivity contribution >= 4 is 5.91 Å². The lowest BCUT2D eigenvalue weighted by molar-refractivity contribution is -0.123. The van der Waals surface area contributed by atoms with Crippen LogP contribution in [0.2, 0.25) is 0 Å². The molecule has 0 bridgehead atoms. The third kappa shape index (κ3) is 2.48. The summed E-state index contributed by atoms with van der Waals surface area (Å²) in [6.07, 6.45) is 3.26. The highest BCUT2D eigenvalue weighted by Crippen LogP contribution is 2.15. The van der Waals surface area contributed by atoms with Gasteiger partial charge in [0, 0.05) is 6.54 Å². The molecule has 1 amide bonds. The fraction of sp³-hybridized carbons (Fsp3) is 0.889. The number of nitrogens with zero attached hydrogens (tertiary/aromatic N) is 1. The second-order valence-corrected chi connectivity index (χ2v) is 3.54. The van der Waals surface area contributed by atoms with Crippen LogP contribution in [0, 0.1) is 5.92 Å². The molecule has 3 nitrogen and oxygen atoms in total. The minimum atomic E-state index is -0.129. The SMILES string of the molecule is CCCN1CCC[C@@H](C(N)=O)C1. The van der Waals surface area contributed by atoms with Gasteiger partial charge >= 0.3 is 0 Å². The molecule has 1 atom stereocenters. The lowest BCUT2D eigenvalue weighted by Crippen LogP contribution is -2.41. The minimum Gasteiger partial charge on any atom is -0.369 e. The summed E-state index contributed by atoms with van der Waals surface area (Å²) in [4.78, 5) is 13.2. The fourth-order valence-electron chi connectivity index (χ4n) is 1.81. The predicted molar refractivity (Wildman–Crippen MR) is 48.6 cm³/mol. The third-order valence-corrected chi connectivity index (χ3v) is 2.45. The van der Waals surface area contributed by atoms with E-state index < -0.39 is 0 Å². The average molecular weight is 170 g/mol. The lowest BCUT2D eigenvalue weighted by Gasteiger charge is -2.30. The van der Waals surface area contributed by atoms with Crippen LogP contribution in [-0.4, -0.2) is 30.4 Å². The Kier molecular flexibility index (Phi) is 3.53. The zero-order valence-electron chi connectivity index (χ0n) is 7.75. The molecular formula is C9H18N2O. The molecule has 1 aliphatic rings. The first-order valence-electron chi connectivity index (χ1n) is 4.75. The van der Waals surface area contributed by atoms with Crippen LogP contribution in [0.1, 0.15) is 26.2 Å². The number of primary amides is 1. The second-order valence-electron chi connectivity index (χ2n) is 3.54. The second kappa shape index (κ2) is 4.45. The number of hydrogen-bond acceptors (Lipinski definition) is 2. The van der Waals surface area contributed by atoms with Crippen molar-refractivity contribution in [3.05, 3.63) is 0 Å². The average Bonchev–Trinajstić information content (AvgIpc) is 2.05. The van der Waals surface area contributed by atoms with Crippen molar-refractivity contribution < 1.29 is 4.79 Å². The first kappa shape index (κ1) is 9.52. The summed E-state index contributed by atoms with van der Waals surface area (Å²) in [6, 6.07) is 0. The molecule has 12 heavy (non-hydrogen) atoms. The van der Waals surface area contributed by atoms with Gasteiger partial charge in [0.15, 0.2) is 0 Å². The zero-order chi connectivity index (χ0) is 8.97. The van der Waals surface area contributed by atoms with E-state index in [1.807, 2.05) is 0 Å². The molecule has 2 N–H and O–H groups in total. The quantitative estimate of drug-likeness (QED) is 0.674. The Balaban J connectivity index is 2.35. The molecule has 0 aliphatic carbocycles. The number of piperidine rings is 1. The maximum Gasteiger partial charge on any atom is 0.221 e. The van der Waals surface area contributed by atoms with Gasteiger partial charge < -0.3 is 10.6 Å². The molecule has 0 spiro atoms. The molecule has 3 heteroatoms. The summed E-state index contributed by atoms with van der Waals surface area (Å²) in [7, 11) is 0. The van der Waals surface area contributed by atoms with E-state index in [1.165, 1.54) is 0 Å². The number of nitrogens with two attached hydrogens (primary N) is 1. The molecule has 1 fully saturated rings. The van der Waals surface area contributed by atoms with Crippen molar-refractivity contribution in [2.24, 2.45) is 11.7 Å². The predicted octanol–water partition coefficient (Wildman–Crippen LogP) is 0.594. The Morgan fingerprint density at radius 1 is 1.67 bits per heavy atom. The highest BCUT2D eigenvalue weighted by molar-refractivity contribution is 5.76. The molecule has 1 rings (SSSR count). The summed E-state index contributed by atoms with van der Waals surface area (Å²) in [5.41, 5.74) is 5.26. The first-order valence-corrected chi connectivity index (χ1v) is 4.75. The van der Waals surface area contributed by atoms with Crippen molar-refractivity contribution in [1.82, 2.24) is 4.90 Å². The number of rotatable bonds is 3. The smallest absolute Gasteiger partial charge is 0.221 e. The van der Waals surface area contributed by atoms with E-state index in [2.05, 4.69) is 11.8 Å². The van der Waals surface area contributed by atoms with Gasteiger partial charge in [0.05, 0.1) is 5.92 Å². The van der Waals surface area contributed by atoms with Crippen molar-refractivity contribution in [1.29, 1.82) is 0 Å². The molecule has 1 aliphatic heterocycles. The maximum absolute atomic E-state index is 10.9. The van der Waals surface area contributed by atoms with E-state index >= 15 is 0 Å². The normalized spacial score (nSPS) is 25.6.